The molecule has 2 aromatic rings. The molecule has 1 unspecified atom stereocenters. The van der Waals surface area contributed by atoms with Gasteiger partial charge in [-0.1, -0.05) is 43.3 Å². The second-order valence-corrected chi connectivity index (χ2v) is 6.75. The fourth-order valence-electron chi connectivity index (χ4n) is 3.46. The van der Waals surface area contributed by atoms with E-state index in [-0.39, 0.29) is 11.9 Å². The van der Waals surface area contributed by atoms with Crippen LogP contribution in [0.1, 0.15) is 36.1 Å². The number of nitrogens with zero attached hydrogens (tertiary/aromatic N) is 1. The molecule has 0 spiro atoms. The maximum atomic E-state index is 12.9. The Bertz CT molecular complexity index is 710. The molecule has 1 saturated heterocycles. The minimum atomic E-state index is 0.123. The molecule has 1 N–H and O–H groups in total. The summed E-state index contributed by atoms with van der Waals surface area (Å²) in [6.45, 7) is 4.60. The van der Waals surface area contributed by atoms with E-state index in [1.165, 1.54) is 11.1 Å². The minimum absolute atomic E-state index is 0.123. The average Bonchev–Trinajstić information content (AvgIpc) is 2.72. The summed E-state index contributed by atoms with van der Waals surface area (Å²) in [5.41, 5.74) is 3.71. The Morgan fingerprint density at radius 2 is 1.81 bits per heavy atom. The summed E-state index contributed by atoms with van der Waals surface area (Å²) < 4.78 is 5.19. The van der Waals surface area contributed by atoms with Crippen LogP contribution in [0.15, 0.2) is 48.5 Å². The monoisotopic (exact) mass is 352 g/mol. The first kappa shape index (κ1) is 18.5. The molecule has 138 valence electrons. The number of benzene rings is 2. The van der Waals surface area contributed by atoms with E-state index in [4.69, 9.17) is 4.74 Å². The number of carbonyl (C=O) groups is 1. The average molecular weight is 352 g/mol. The van der Waals surface area contributed by atoms with Gasteiger partial charge in [0.1, 0.15) is 5.75 Å². The number of ether oxygens (including phenoxy) is 1. The predicted molar refractivity (Wildman–Crippen MR) is 104 cm³/mol. The lowest BCUT2D eigenvalue weighted by atomic mass is 10.00. The van der Waals surface area contributed by atoms with Crippen LogP contribution in [0.2, 0.25) is 0 Å². The smallest absolute Gasteiger partial charge is 0.223 e. The van der Waals surface area contributed by atoms with Crippen LogP contribution < -0.4 is 10.1 Å². The van der Waals surface area contributed by atoms with Crippen LogP contribution in [-0.2, 0) is 17.6 Å². The summed E-state index contributed by atoms with van der Waals surface area (Å²) >= 11 is 0. The van der Waals surface area contributed by atoms with Crippen molar-refractivity contribution in [3.8, 4) is 5.75 Å². The standard InChI is InChI=1S/C22H28N2O2/c1-3-17-4-9-19(10-5-17)21-16-23-14-15-24(21)22(25)13-8-18-6-11-20(26-2)12-7-18/h4-7,9-12,21,23H,3,8,13-16H2,1-2H3. The fraction of sp³-hybridized carbons (Fsp3) is 0.409. The van der Waals surface area contributed by atoms with Gasteiger partial charge in [-0.2, -0.15) is 0 Å². The molecule has 4 nitrogen and oxygen atoms in total. The van der Waals surface area contributed by atoms with Gasteiger partial charge in [-0.15, -0.1) is 0 Å². The van der Waals surface area contributed by atoms with Crippen LogP contribution in [0.25, 0.3) is 0 Å². The fourth-order valence-corrected chi connectivity index (χ4v) is 3.46. The third kappa shape index (κ3) is 4.44. The van der Waals surface area contributed by atoms with E-state index in [0.29, 0.717) is 6.42 Å². The summed E-state index contributed by atoms with van der Waals surface area (Å²) in [5, 5.41) is 3.43. The van der Waals surface area contributed by atoms with Crippen molar-refractivity contribution in [2.24, 2.45) is 0 Å². The number of amides is 1. The molecule has 1 aliphatic rings. The van der Waals surface area contributed by atoms with Crippen LogP contribution in [0.5, 0.6) is 5.75 Å². The molecule has 0 saturated carbocycles. The lowest BCUT2D eigenvalue weighted by Gasteiger charge is -2.36. The van der Waals surface area contributed by atoms with Crippen molar-refractivity contribution >= 4 is 5.91 Å². The van der Waals surface area contributed by atoms with Gasteiger partial charge in [0.2, 0.25) is 5.91 Å². The first-order valence-electron chi connectivity index (χ1n) is 9.43. The topological polar surface area (TPSA) is 41.6 Å². The molecule has 0 aliphatic carbocycles. The Balaban J connectivity index is 1.64. The Labute approximate surface area is 156 Å². The summed E-state index contributed by atoms with van der Waals surface area (Å²) in [7, 11) is 1.66. The third-order valence-corrected chi connectivity index (χ3v) is 5.12. The Hall–Kier alpha value is -2.33. The van der Waals surface area contributed by atoms with Crippen LogP contribution in [0.3, 0.4) is 0 Å². The van der Waals surface area contributed by atoms with E-state index >= 15 is 0 Å². The second kappa shape index (κ2) is 8.86. The minimum Gasteiger partial charge on any atom is -0.497 e. The molecule has 1 atom stereocenters. The van der Waals surface area contributed by atoms with Crippen molar-refractivity contribution in [2.45, 2.75) is 32.2 Å². The molecule has 26 heavy (non-hydrogen) atoms. The number of rotatable bonds is 6. The molecular formula is C22H28N2O2. The van der Waals surface area contributed by atoms with Crippen molar-refractivity contribution in [2.75, 3.05) is 26.7 Å². The SMILES string of the molecule is CCc1ccc(C2CNCCN2C(=O)CCc2ccc(OC)cc2)cc1. The van der Waals surface area contributed by atoms with Gasteiger partial charge in [0.25, 0.3) is 0 Å². The van der Waals surface area contributed by atoms with Crippen molar-refractivity contribution in [3.05, 3.63) is 65.2 Å². The Morgan fingerprint density at radius 1 is 1.12 bits per heavy atom. The van der Waals surface area contributed by atoms with E-state index in [0.717, 1.165) is 43.8 Å². The second-order valence-electron chi connectivity index (χ2n) is 6.75. The van der Waals surface area contributed by atoms with Crippen molar-refractivity contribution < 1.29 is 9.53 Å². The highest BCUT2D eigenvalue weighted by Crippen LogP contribution is 2.24. The molecule has 1 heterocycles. The molecular weight excluding hydrogens is 324 g/mol. The van der Waals surface area contributed by atoms with Crippen LogP contribution in [0, 0.1) is 0 Å². The molecule has 0 aromatic heterocycles. The molecule has 2 aromatic carbocycles. The predicted octanol–water partition coefficient (Wildman–Crippen LogP) is 3.36. The van der Waals surface area contributed by atoms with Crippen molar-refractivity contribution in [3.63, 3.8) is 0 Å². The zero-order valence-electron chi connectivity index (χ0n) is 15.7. The van der Waals surface area contributed by atoms with Crippen molar-refractivity contribution in [1.82, 2.24) is 10.2 Å². The normalized spacial score (nSPS) is 17.2. The molecule has 3 rings (SSSR count). The molecule has 4 heteroatoms. The largest absolute Gasteiger partial charge is 0.497 e. The number of piperazine rings is 1. The van der Waals surface area contributed by atoms with Crippen LogP contribution in [0.4, 0.5) is 0 Å². The van der Waals surface area contributed by atoms with E-state index in [9.17, 15) is 4.79 Å². The van der Waals surface area contributed by atoms with Crippen LogP contribution in [-0.4, -0.2) is 37.6 Å². The van der Waals surface area contributed by atoms with Gasteiger partial charge >= 0.3 is 0 Å². The highest BCUT2D eigenvalue weighted by atomic mass is 16.5. The number of hydrogen-bond donors (Lipinski definition) is 1. The summed E-state index contributed by atoms with van der Waals surface area (Å²) in [6, 6.07) is 16.8. The Morgan fingerprint density at radius 3 is 2.46 bits per heavy atom. The van der Waals surface area contributed by atoms with Gasteiger partial charge in [-0.25, -0.2) is 0 Å². The zero-order chi connectivity index (χ0) is 18.4. The van der Waals surface area contributed by atoms with Crippen LogP contribution >= 0.6 is 0 Å². The highest BCUT2D eigenvalue weighted by Gasteiger charge is 2.27. The van der Waals surface area contributed by atoms with Gasteiger partial charge in [-0.3, -0.25) is 4.79 Å². The number of nitrogens with one attached hydrogen (secondary N) is 1. The zero-order valence-corrected chi connectivity index (χ0v) is 15.7. The Kier molecular flexibility index (Phi) is 6.29. The van der Waals surface area contributed by atoms with Gasteiger partial charge < -0.3 is 15.0 Å². The third-order valence-electron chi connectivity index (χ3n) is 5.12. The quantitative estimate of drug-likeness (QED) is 0.867. The van der Waals surface area contributed by atoms with Gasteiger partial charge in [0.15, 0.2) is 0 Å². The number of aryl methyl sites for hydroxylation is 2. The maximum Gasteiger partial charge on any atom is 0.223 e. The van der Waals surface area contributed by atoms with Gasteiger partial charge in [0.05, 0.1) is 13.2 Å². The summed E-state index contributed by atoms with van der Waals surface area (Å²) in [4.78, 5) is 14.9. The summed E-state index contributed by atoms with van der Waals surface area (Å²) in [5.74, 6) is 1.07. The number of hydrogen-bond acceptors (Lipinski definition) is 3. The maximum absolute atomic E-state index is 12.9. The first-order valence-corrected chi connectivity index (χ1v) is 9.43. The molecule has 1 amide bonds. The highest BCUT2D eigenvalue weighted by molar-refractivity contribution is 5.77. The first-order chi connectivity index (χ1) is 12.7. The summed E-state index contributed by atoms with van der Waals surface area (Å²) in [6.07, 6.45) is 2.33. The van der Waals surface area contributed by atoms with Gasteiger partial charge in [0, 0.05) is 26.1 Å². The molecule has 1 aliphatic heterocycles. The molecule has 1 fully saturated rings. The van der Waals surface area contributed by atoms with E-state index in [1.54, 1.807) is 7.11 Å². The molecule has 0 radical (unpaired) electrons. The number of methoxy groups -OCH3 is 1. The van der Waals surface area contributed by atoms with E-state index in [2.05, 4.69) is 36.5 Å². The van der Waals surface area contributed by atoms with E-state index in [1.807, 2.05) is 29.2 Å². The van der Waals surface area contributed by atoms with Crippen molar-refractivity contribution in [1.29, 1.82) is 0 Å². The number of carbonyl (C=O) groups excluding carboxylic acids is 1. The lowest BCUT2D eigenvalue weighted by molar-refractivity contribution is -0.134. The van der Waals surface area contributed by atoms with Gasteiger partial charge in [-0.05, 0) is 41.7 Å². The lowest BCUT2D eigenvalue weighted by Crippen LogP contribution is -2.48. The molecule has 0 bridgehead atoms. The van der Waals surface area contributed by atoms with E-state index < -0.39 is 0 Å².